The van der Waals surface area contributed by atoms with Crippen molar-refractivity contribution >= 4 is 17.6 Å². The molecule has 9 nitrogen and oxygen atoms in total. The Hall–Kier alpha value is -4.08. The zero-order valence-corrected chi connectivity index (χ0v) is 25.9. The van der Waals surface area contributed by atoms with E-state index in [1.54, 1.807) is 0 Å². The molecular weight excluding hydrogens is 560 g/mol. The molecule has 5 rings (SSSR count). The fourth-order valence-electron chi connectivity index (χ4n) is 6.24. The van der Waals surface area contributed by atoms with Crippen LogP contribution in [0.25, 0.3) is 0 Å². The molecule has 0 aromatic heterocycles. The summed E-state index contributed by atoms with van der Waals surface area (Å²) in [6, 6.07) is 18.6. The van der Waals surface area contributed by atoms with Gasteiger partial charge in [-0.15, -0.1) is 0 Å². The number of amides is 1. The highest BCUT2D eigenvalue weighted by molar-refractivity contribution is 5.94. The molecule has 1 saturated heterocycles. The van der Waals surface area contributed by atoms with Crippen LogP contribution in [0.3, 0.4) is 0 Å². The predicted octanol–water partition coefficient (Wildman–Crippen LogP) is 5.82. The highest BCUT2D eigenvalue weighted by Crippen LogP contribution is 2.47. The number of carboxylic acids is 1. The molecule has 44 heavy (non-hydrogen) atoms. The maximum Gasteiger partial charge on any atom is 0.309 e. The Morgan fingerprint density at radius 2 is 1.64 bits per heavy atom. The third-order valence-corrected chi connectivity index (χ3v) is 8.34. The lowest BCUT2D eigenvalue weighted by Gasteiger charge is -2.27. The molecule has 2 aliphatic heterocycles. The lowest BCUT2D eigenvalue weighted by Crippen LogP contribution is -2.35. The summed E-state index contributed by atoms with van der Waals surface area (Å²) in [6.45, 7) is 9.54. The molecule has 1 amide bonds. The molecule has 3 aromatic rings. The fourth-order valence-corrected chi connectivity index (χ4v) is 6.24. The number of benzene rings is 3. The number of hydrogen-bond acceptors (Lipinski definition) is 7. The molecule has 3 atom stereocenters. The summed E-state index contributed by atoms with van der Waals surface area (Å²) in [5.74, 6) is -0.359. The first-order valence-corrected chi connectivity index (χ1v) is 15.4. The van der Waals surface area contributed by atoms with Gasteiger partial charge in [-0.3, -0.25) is 14.5 Å². The third kappa shape index (κ3) is 7.00. The number of anilines is 1. The maximum atomic E-state index is 13.6. The Labute approximate surface area is 259 Å². The SMILES string of the molecule is CCc1cccc(CC)c1NC(=O)CN1C[C@H](c2ccc3c(c2)OCO3)C(C(=O)O)[C@@H]1c1ccc(OCCOC(C)C)cc1. The summed E-state index contributed by atoms with van der Waals surface area (Å²) >= 11 is 0. The molecular formula is C35H42N2O7. The van der Waals surface area contributed by atoms with Gasteiger partial charge in [-0.05, 0) is 73.2 Å². The van der Waals surface area contributed by atoms with Crippen LogP contribution < -0.4 is 19.5 Å². The summed E-state index contributed by atoms with van der Waals surface area (Å²) in [4.78, 5) is 28.6. The lowest BCUT2D eigenvalue weighted by atomic mass is 9.82. The average molecular weight is 603 g/mol. The van der Waals surface area contributed by atoms with Crippen molar-refractivity contribution in [2.45, 2.75) is 58.6 Å². The molecule has 234 valence electrons. The Kier molecular flexibility index (Phi) is 10.1. The minimum atomic E-state index is -0.920. The van der Waals surface area contributed by atoms with E-state index < -0.39 is 17.9 Å². The number of carbonyl (C=O) groups excluding carboxylic acids is 1. The van der Waals surface area contributed by atoms with Gasteiger partial charge in [-0.1, -0.05) is 50.2 Å². The van der Waals surface area contributed by atoms with Crippen LogP contribution in [0.15, 0.2) is 60.7 Å². The molecule has 0 radical (unpaired) electrons. The minimum absolute atomic E-state index is 0.0431. The average Bonchev–Trinajstić information content (AvgIpc) is 3.64. The quantitative estimate of drug-likeness (QED) is 0.236. The van der Waals surface area contributed by atoms with Gasteiger partial charge in [0.2, 0.25) is 12.7 Å². The van der Waals surface area contributed by atoms with Gasteiger partial charge in [0, 0.05) is 24.2 Å². The Bertz CT molecular complexity index is 1430. The van der Waals surface area contributed by atoms with Gasteiger partial charge < -0.3 is 29.4 Å². The van der Waals surface area contributed by atoms with Gasteiger partial charge in [-0.25, -0.2) is 0 Å². The standard InChI is InChI=1S/C35H42N2O7/c1-5-23-8-7-9-24(6-2)33(23)36-31(38)20-37-19-28(26-12-15-29-30(18-26)44-21-43-29)32(35(39)40)34(37)25-10-13-27(14-11-25)42-17-16-41-22(3)4/h7-15,18,22,28,32,34H,5-6,16-17,19-21H2,1-4H3,(H,36,38)(H,39,40)/t28-,32?,34+/m1/s1. The molecule has 2 heterocycles. The number of para-hydroxylation sites is 1. The molecule has 3 aromatic carbocycles. The van der Waals surface area contributed by atoms with Crippen molar-refractivity contribution in [3.63, 3.8) is 0 Å². The van der Waals surface area contributed by atoms with E-state index in [2.05, 4.69) is 19.2 Å². The van der Waals surface area contributed by atoms with Crippen molar-refractivity contribution in [3.8, 4) is 17.2 Å². The number of carboxylic acid groups (broad SMARTS) is 1. The van der Waals surface area contributed by atoms with E-state index in [4.69, 9.17) is 18.9 Å². The van der Waals surface area contributed by atoms with E-state index >= 15 is 0 Å². The van der Waals surface area contributed by atoms with Crippen LogP contribution in [0.4, 0.5) is 5.69 Å². The van der Waals surface area contributed by atoms with Crippen molar-refractivity contribution in [1.29, 1.82) is 0 Å². The lowest BCUT2D eigenvalue weighted by molar-refractivity contribution is -0.143. The molecule has 0 spiro atoms. The van der Waals surface area contributed by atoms with Crippen molar-refractivity contribution in [2.75, 3.05) is 38.4 Å². The van der Waals surface area contributed by atoms with E-state index in [9.17, 15) is 14.7 Å². The minimum Gasteiger partial charge on any atom is -0.491 e. The number of carbonyl (C=O) groups is 2. The Balaban J connectivity index is 1.43. The number of aryl methyl sites for hydroxylation is 2. The Morgan fingerprint density at radius 1 is 0.955 bits per heavy atom. The highest BCUT2D eigenvalue weighted by atomic mass is 16.7. The molecule has 2 N–H and O–H groups in total. The van der Waals surface area contributed by atoms with Crippen LogP contribution in [0.2, 0.25) is 0 Å². The largest absolute Gasteiger partial charge is 0.491 e. The van der Waals surface area contributed by atoms with E-state index in [1.807, 2.05) is 79.4 Å². The van der Waals surface area contributed by atoms with Crippen molar-refractivity contribution in [1.82, 2.24) is 4.90 Å². The summed E-state index contributed by atoms with van der Waals surface area (Å²) in [7, 11) is 0. The van der Waals surface area contributed by atoms with Crippen LogP contribution in [-0.2, 0) is 27.2 Å². The molecule has 2 aliphatic rings. The normalized spacial score (nSPS) is 19.3. The number of fused-ring (bicyclic) bond motifs is 1. The van der Waals surface area contributed by atoms with Gasteiger partial charge in [0.25, 0.3) is 0 Å². The van der Waals surface area contributed by atoms with Crippen LogP contribution in [0.1, 0.15) is 61.9 Å². The number of likely N-dealkylation sites (tertiary alicyclic amines) is 1. The van der Waals surface area contributed by atoms with Gasteiger partial charge in [0.05, 0.1) is 25.2 Å². The molecule has 9 heteroatoms. The van der Waals surface area contributed by atoms with Gasteiger partial charge in [0.1, 0.15) is 12.4 Å². The number of hydrogen-bond donors (Lipinski definition) is 2. The van der Waals surface area contributed by atoms with Crippen LogP contribution >= 0.6 is 0 Å². The maximum absolute atomic E-state index is 13.6. The summed E-state index contributed by atoms with van der Waals surface area (Å²) in [5.41, 5.74) is 4.65. The number of aliphatic carboxylic acids is 1. The fraction of sp³-hybridized carbons (Fsp3) is 0.429. The van der Waals surface area contributed by atoms with Crippen molar-refractivity contribution in [3.05, 3.63) is 82.9 Å². The molecule has 0 aliphatic carbocycles. The van der Waals surface area contributed by atoms with E-state index in [1.165, 1.54) is 0 Å². The van der Waals surface area contributed by atoms with Gasteiger partial charge >= 0.3 is 5.97 Å². The second kappa shape index (κ2) is 14.1. The number of rotatable bonds is 13. The number of nitrogens with one attached hydrogen (secondary N) is 1. The molecule has 1 unspecified atom stereocenters. The predicted molar refractivity (Wildman–Crippen MR) is 168 cm³/mol. The Morgan fingerprint density at radius 3 is 2.30 bits per heavy atom. The highest BCUT2D eigenvalue weighted by Gasteiger charge is 2.48. The van der Waals surface area contributed by atoms with Gasteiger partial charge in [0.15, 0.2) is 11.5 Å². The van der Waals surface area contributed by atoms with E-state index in [0.29, 0.717) is 37.0 Å². The second-order valence-electron chi connectivity index (χ2n) is 11.5. The zero-order chi connectivity index (χ0) is 31.2. The van der Waals surface area contributed by atoms with Crippen molar-refractivity contribution in [2.24, 2.45) is 5.92 Å². The summed E-state index contributed by atoms with van der Waals surface area (Å²) in [6.07, 6.45) is 1.71. The third-order valence-electron chi connectivity index (χ3n) is 8.34. The van der Waals surface area contributed by atoms with Crippen LogP contribution in [-0.4, -0.2) is 61.1 Å². The molecule has 1 fully saturated rings. The topological polar surface area (TPSA) is 107 Å². The molecule has 0 saturated carbocycles. The monoisotopic (exact) mass is 602 g/mol. The van der Waals surface area contributed by atoms with Crippen molar-refractivity contribution < 1.29 is 33.6 Å². The zero-order valence-electron chi connectivity index (χ0n) is 25.9. The first kappa shape index (κ1) is 31.3. The number of ether oxygens (including phenoxy) is 4. The van der Waals surface area contributed by atoms with Gasteiger partial charge in [-0.2, -0.15) is 0 Å². The van der Waals surface area contributed by atoms with E-state index in [-0.39, 0.29) is 31.3 Å². The van der Waals surface area contributed by atoms with E-state index in [0.717, 1.165) is 40.8 Å². The summed E-state index contributed by atoms with van der Waals surface area (Å²) in [5, 5.41) is 13.8. The number of nitrogens with zero attached hydrogens (tertiary/aromatic N) is 1. The van der Waals surface area contributed by atoms with Crippen LogP contribution in [0.5, 0.6) is 17.2 Å². The first-order valence-electron chi connectivity index (χ1n) is 15.4. The summed E-state index contributed by atoms with van der Waals surface area (Å²) < 4.78 is 22.5. The first-order chi connectivity index (χ1) is 21.3. The van der Waals surface area contributed by atoms with Crippen LogP contribution in [0, 0.1) is 5.92 Å². The molecule has 0 bridgehead atoms. The second-order valence-corrected chi connectivity index (χ2v) is 11.5. The smallest absolute Gasteiger partial charge is 0.309 e.